The van der Waals surface area contributed by atoms with Crippen LogP contribution >= 0.6 is 0 Å². The molecule has 2 aliphatic rings. The number of amides is 1. The maximum atomic E-state index is 13.8. The third kappa shape index (κ3) is 3.07. The number of benzene rings is 1. The van der Waals surface area contributed by atoms with E-state index in [2.05, 4.69) is 11.9 Å². The molecule has 0 bridgehead atoms. The van der Waals surface area contributed by atoms with Gasteiger partial charge in [0.1, 0.15) is 11.4 Å². The van der Waals surface area contributed by atoms with Crippen LogP contribution in [-0.2, 0) is 10.2 Å². The maximum absolute atomic E-state index is 13.8. The molecule has 1 amide bonds. The molecule has 1 saturated heterocycles. The number of piperidine rings is 1. The fraction of sp³-hybridized carbons (Fsp3) is 0.611. The highest BCUT2D eigenvalue weighted by molar-refractivity contribution is 5.91. The number of hydrogen-bond donors (Lipinski definition) is 0. The van der Waals surface area contributed by atoms with Crippen molar-refractivity contribution in [2.75, 3.05) is 31.6 Å². The minimum atomic E-state index is -0.542. The number of carbonyl (C=O) groups is 1. The largest absolute Gasteiger partial charge is 0.443 e. The lowest BCUT2D eigenvalue weighted by Gasteiger charge is -2.38. The Morgan fingerprint density at radius 3 is 2.52 bits per heavy atom. The fourth-order valence-electron chi connectivity index (χ4n) is 3.60. The summed E-state index contributed by atoms with van der Waals surface area (Å²) in [6.07, 6.45) is 1.51. The summed E-state index contributed by atoms with van der Waals surface area (Å²) in [7, 11) is 2.10. The van der Waals surface area contributed by atoms with Gasteiger partial charge in [-0.3, -0.25) is 4.90 Å². The van der Waals surface area contributed by atoms with Gasteiger partial charge in [0, 0.05) is 12.0 Å². The molecule has 0 aliphatic carbocycles. The Morgan fingerprint density at radius 1 is 1.26 bits per heavy atom. The molecule has 0 aromatic heterocycles. The van der Waals surface area contributed by atoms with Crippen LogP contribution in [0.5, 0.6) is 0 Å². The van der Waals surface area contributed by atoms with Crippen LogP contribution in [0.1, 0.15) is 39.2 Å². The smallest absolute Gasteiger partial charge is 0.414 e. The number of anilines is 1. The highest BCUT2D eigenvalue weighted by Gasteiger charge is 2.47. The Morgan fingerprint density at radius 2 is 1.91 bits per heavy atom. The van der Waals surface area contributed by atoms with Crippen LogP contribution in [0, 0.1) is 5.82 Å². The van der Waals surface area contributed by atoms with Gasteiger partial charge in [-0.1, -0.05) is 0 Å². The molecule has 1 aromatic rings. The van der Waals surface area contributed by atoms with Crippen molar-refractivity contribution >= 4 is 11.8 Å². The molecule has 4 nitrogen and oxygen atoms in total. The Balaban J connectivity index is 1.95. The van der Waals surface area contributed by atoms with Crippen molar-refractivity contribution in [1.29, 1.82) is 0 Å². The number of likely N-dealkylation sites (tertiary alicyclic amines) is 1. The van der Waals surface area contributed by atoms with Gasteiger partial charge in [-0.15, -0.1) is 0 Å². The first-order valence-corrected chi connectivity index (χ1v) is 8.19. The minimum absolute atomic E-state index is 0.152. The third-order valence-electron chi connectivity index (χ3n) is 4.84. The number of ether oxygens (including phenoxy) is 1. The molecular formula is C18H25FN2O2. The van der Waals surface area contributed by atoms with Crippen molar-refractivity contribution in [2.24, 2.45) is 0 Å². The molecule has 23 heavy (non-hydrogen) atoms. The first-order chi connectivity index (χ1) is 10.7. The SMILES string of the molecule is CN1CCC2(CC1)CN(C(=O)OC(C)(C)C)c1ccc(F)cc12. The summed E-state index contributed by atoms with van der Waals surface area (Å²) >= 11 is 0. The van der Waals surface area contributed by atoms with Crippen molar-refractivity contribution in [2.45, 2.75) is 44.6 Å². The van der Waals surface area contributed by atoms with E-state index in [9.17, 15) is 9.18 Å². The summed E-state index contributed by atoms with van der Waals surface area (Å²) in [6.45, 7) is 8.07. The molecule has 126 valence electrons. The first kappa shape index (κ1) is 16.2. The van der Waals surface area contributed by atoms with Crippen LogP contribution in [0.3, 0.4) is 0 Å². The molecule has 1 spiro atoms. The average Bonchev–Trinajstić information content (AvgIpc) is 2.75. The predicted molar refractivity (Wildman–Crippen MR) is 88.4 cm³/mol. The summed E-state index contributed by atoms with van der Waals surface area (Å²) in [5, 5.41) is 0. The zero-order valence-corrected chi connectivity index (χ0v) is 14.4. The summed E-state index contributed by atoms with van der Waals surface area (Å²) in [6, 6.07) is 4.73. The van der Waals surface area contributed by atoms with Crippen LogP contribution in [-0.4, -0.2) is 43.3 Å². The molecular weight excluding hydrogens is 295 g/mol. The van der Waals surface area contributed by atoms with Gasteiger partial charge in [0.25, 0.3) is 0 Å². The normalized spacial score (nSPS) is 20.7. The van der Waals surface area contributed by atoms with Crippen molar-refractivity contribution in [3.63, 3.8) is 0 Å². The van der Waals surface area contributed by atoms with Gasteiger partial charge in [0.15, 0.2) is 0 Å². The second-order valence-corrected chi connectivity index (χ2v) is 7.81. The lowest BCUT2D eigenvalue weighted by Crippen LogP contribution is -2.45. The zero-order chi connectivity index (χ0) is 16.8. The molecule has 0 radical (unpaired) electrons. The summed E-state index contributed by atoms with van der Waals surface area (Å²) in [5.74, 6) is -0.243. The Hall–Kier alpha value is -1.62. The topological polar surface area (TPSA) is 32.8 Å². The molecule has 3 rings (SSSR count). The quantitative estimate of drug-likeness (QED) is 0.733. The summed E-state index contributed by atoms with van der Waals surface area (Å²) in [5.41, 5.74) is 1.06. The van der Waals surface area contributed by atoms with Crippen LogP contribution in [0.2, 0.25) is 0 Å². The Bertz CT molecular complexity index is 616. The number of fused-ring (bicyclic) bond motifs is 2. The lowest BCUT2D eigenvalue weighted by molar-refractivity contribution is 0.0572. The van der Waals surface area contributed by atoms with E-state index in [-0.39, 0.29) is 17.3 Å². The van der Waals surface area contributed by atoms with Gasteiger partial charge in [-0.25, -0.2) is 9.18 Å². The summed E-state index contributed by atoms with van der Waals surface area (Å²) < 4.78 is 19.4. The zero-order valence-electron chi connectivity index (χ0n) is 14.4. The van der Waals surface area contributed by atoms with E-state index in [0.717, 1.165) is 37.2 Å². The van der Waals surface area contributed by atoms with Gasteiger partial charge in [-0.05, 0) is 77.5 Å². The van der Waals surface area contributed by atoms with Gasteiger partial charge >= 0.3 is 6.09 Å². The van der Waals surface area contributed by atoms with Crippen LogP contribution < -0.4 is 4.90 Å². The molecule has 5 heteroatoms. The predicted octanol–water partition coefficient (Wildman–Crippen LogP) is 3.54. The monoisotopic (exact) mass is 320 g/mol. The molecule has 1 aromatic carbocycles. The molecule has 1 fully saturated rings. The van der Waals surface area contributed by atoms with Gasteiger partial charge < -0.3 is 9.64 Å². The Labute approximate surface area is 137 Å². The molecule has 0 saturated carbocycles. The number of carbonyl (C=O) groups excluding carboxylic acids is 1. The van der Waals surface area contributed by atoms with E-state index in [0.29, 0.717) is 6.54 Å². The van der Waals surface area contributed by atoms with E-state index in [4.69, 9.17) is 4.74 Å². The van der Waals surface area contributed by atoms with E-state index in [1.165, 1.54) is 6.07 Å². The second kappa shape index (κ2) is 5.48. The molecule has 0 atom stereocenters. The van der Waals surface area contributed by atoms with Crippen molar-refractivity contribution in [3.05, 3.63) is 29.6 Å². The number of rotatable bonds is 0. The average molecular weight is 320 g/mol. The molecule has 0 unspecified atom stereocenters. The van der Waals surface area contributed by atoms with Gasteiger partial charge in [0.2, 0.25) is 0 Å². The van der Waals surface area contributed by atoms with Crippen LogP contribution in [0.4, 0.5) is 14.9 Å². The first-order valence-electron chi connectivity index (χ1n) is 8.19. The van der Waals surface area contributed by atoms with E-state index in [1.54, 1.807) is 17.0 Å². The van der Waals surface area contributed by atoms with E-state index in [1.807, 2.05) is 20.8 Å². The number of nitrogens with zero attached hydrogens (tertiary/aromatic N) is 2. The minimum Gasteiger partial charge on any atom is -0.443 e. The van der Waals surface area contributed by atoms with Crippen LogP contribution in [0.15, 0.2) is 18.2 Å². The van der Waals surface area contributed by atoms with Gasteiger partial charge in [0.05, 0.1) is 5.69 Å². The Kier molecular flexibility index (Phi) is 3.87. The standard InChI is InChI=1S/C18H25FN2O2/c1-17(2,3)23-16(22)21-12-18(7-9-20(4)10-8-18)14-11-13(19)5-6-15(14)21/h5-6,11H,7-10,12H2,1-4H3. The molecule has 2 aliphatic heterocycles. The van der Waals surface area contributed by atoms with E-state index < -0.39 is 5.60 Å². The second-order valence-electron chi connectivity index (χ2n) is 7.81. The fourth-order valence-corrected chi connectivity index (χ4v) is 3.60. The number of hydrogen-bond acceptors (Lipinski definition) is 3. The van der Waals surface area contributed by atoms with Crippen LogP contribution in [0.25, 0.3) is 0 Å². The van der Waals surface area contributed by atoms with Gasteiger partial charge in [-0.2, -0.15) is 0 Å². The van der Waals surface area contributed by atoms with Crippen molar-refractivity contribution in [3.8, 4) is 0 Å². The summed E-state index contributed by atoms with van der Waals surface area (Å²) in [4.78, 5) is 16.6. The lowest BCUT2D eigenvalue weighted by atomic mass is 9.74. The maximum Gasteiger partial charge on any atom is 0.414 e. The molecule has 2 heterocycles. The van der Waals surface area contributed by atoms with E-state index >= 15 is 0 Å². The number of halogens is 1. The van der Waals surface area contributed by atoms with Crippen molar-refractivity contribution < 1.29 is 13.9 Å². The highest BCUT2D eigenvalue weighted by Crippen LogP contribution is 2.47. The van der Waals surface area contributed by atoms with Crippen molar-refractivity contribution in [1.82, 2.24) is 4.90 Å². The third-order valence-corrected chi connectivity index (χ3v) is 4.84. The highest BCUT2D eigenvalue weighted by atomic mass is 19.1. The molecule has 0 N–H and O–H groups in total.